The van der Waals surface area contributed by atoms with E-state index in [4.69, 9.17) is 9.72 Å². The molecular weight excluding hydrogens is 426 g/mol. The number of pyridine rings is 1. The molecule has 0 aliphatic carbocycles. The Morgan fingerprint density at radius 1 is 1.09 bits per heavy atom. The van der Waals surface area contributed by atoms with Crippen LogP contribution in [0, 0.1) is 12.8 Å². The zero-order valence-corrected chi connectivity index (χ0v) is 19.6. The molecule has 34 heavy (non-hydrogen) atoms. The van der Waals surface area contributed by atoms with E-state index >= 15 is 0 Å². The molecule has 7 nitrogen and oxygen atoms in total. The maximum atomic E-state index is 12.8. The van der Waals surface area contributed by atoms with Crippen LogP contribution in [0.25, 0.3) is 16.7 Å². The van der Waals surface area contributed by atoms with Crippen LogP contribution in [0.4, 0.5) is 5.82 Å². The van der Waals surface area contributed by atoms with Gasteiger partial charge in [0, 0.05) is 17.8 Å². The van der Waals surface area contributed by atoms with E-state index in [9.17, 15) is 4.79 Å². The smallest absolute Gasteiger partial charge is 0.228 e. The summed E-state index contributed by atoms with van der Waals surface area (Å²) in [7, 11) is 1.67. The number of carbonyl (C=O) groups excluding carboxylic acids is 1. The molecule has 0 bridgehead atoms. The lowest BCUT2D eigenvalue weighted by Gasteiger charge is -2.31. The summed E-state index contributed by atoms with van der Waals surface area (Å²) in [5.41, 5.74) is 4.21. The number of nitrogens with one attached hydrogen (secondary N) is 1. The first kappa shape index (κ1) is 22.1. The summed E-state index contributed by atoms with van der Waals surface area (Å²) >= 11 is 0. The van der Waals surface area contributed by atoms with E-state index in [-0.39, 0.29) is 11.8 Å². The highest BCUT2D eigenvalue weighted by molar-refractivity contribution is 5.91. The number of nitrogens with zero attached hydrogens (tertiary/aromatic N) is 4. The number of imidazole rings is 1. The molecule has 2 aromatic carbocycles. The Bertz CT molecular complexity index is 1290. The lowest BCUT2D eigenvalue weighted by Crippen LogP contribution is -2.38. The number of hydrogen-bond acceptors (Lipinski definition) is 5. The van der Waals surface area contributed by atoms with Crippen LogP contribution in [0.3, 0.4) is 0 Å². The number of rotatable bonds is 6. The minimum atomic E-state index is -0.000956. The number of amides is 1. The van der Waals surface area contributed by atoms with Gasteiger partial charge in [-0.3, -0.25) is 14.3 Å². The van der Waals surface area contributed by atoms with Crippen LogP contribution >= 0.6 is 0 Å². The molecule has 4 aromatic rings. The minimum absolute atomic E-state index is 0.000956. The first-order valence-electron chi connectivity index (χ1n) is 11.7. The quantitative estimate of drug-likeness (QED) is 0.460. The maximum absolute atomic E-state index is 12.8. The molecule has 7 heteroatoms. The summed E-state index contributed by atoms with van der Waals surface area (Å²) in [5.74, 6) is 2.51. The molecule has 5 rings (SSSR count). The van der Waals surface area contributed by atoms with E-state index in [0.717, 1.165) is 66.3 Å². The average Bonchev–Trinajstić information content (AvgIpc) is 3.22. The van der Waals surface area contributed by atoms with Gasteiger partial charge in [-0.1, -0.05) is 12.1 Å². The summed E-state index contributed by atoms with van der Waals surface area (Å²) in [6, 6.07) is 20.1. The Kier molecular flexibility index (Phi) is 6.27. The molecule has 0 spiro atoms. The van der Waals surface area contributed by atoms with Crippen molar-refractivity contribution in [3.63, 3.8) is 0 Å². The number of methoxy groups -OCH3 is 1. The van der Waals surface area contributed by atoms with E-state index in [1.54, 1.807) is 13.3 Å². The summed E-state index contributed by atoms with van der Waals surface area (Å²) < 4.78 is 7.55. The Hall–Kier alpha value is -3.71. The van der Waals surface area contributed by atoms with Gasteiger partial charge in [0.1, 0.15) is 17.4 Å². The second-order valence-electron chi connectivity index (χ2n) is 8.81. The van der Waals surface area contributed by atoms with Crippen molar-refractivity contribution in [3.05, 3.63) is 78.2 Å². The van der Waals surface area contributed by atoms with Gasteiger partial charge in [-0.2, -0.15) is 0 Å². The van der Waals surface area contributed by atoms with Gasteiger partial charge in [-0.05, 0) is 86.9 Å². The van der Waals surface area contributed by atoms with Gasteiger partial charge in [-0.25, -0.2) is 9.97 Å². The number of piperidine rings is 1. The molecule has 1 saturated heterocycles. The van der Waals surface area contributed by atoms with E-state index in [0.29, 0.717) is 5.82 Å². The fourth-order valence-electron chi connectivity index (χ4n) is 4.59. The maximum Gasteiger partial charge on any atom is 0.228 e. The van der Waals surface area contributed by atoms with E-state index in [1.807, 2.05) is 43.3 Å². The fourth-order valence-corrected chi connectivity index (χ4v) is 4.59. The average molecular weight is 456 g/mol. The predicted molar refractivity (Wildman–Crippen MR) is 133 cm³/mol. The highest BCUT2D eigenvalue weighted by Crippen LogP contribution is 2.26. The number of likely N-dealkylation sites (tertiary alicyclic amines) is 1. The first-order chi connectivity index (χ1) is 16.6. The molecule has 2 aromatic heterocycles. The summed E-state index contributed by atoms with van der Waals surface area (Å²) in [6.45, 7) is 4.43. The van der Waals surface area contributed by atoms with Gasteiger partial charge in [-0.15, -0.1) is 0 Å². The van der Waals surface area contributed by atoms with E-state index in [1.165, 1.54) is 0 Å². The lowest BCUT2D eigenvalue weighted by molar-refractivity contribution is -0.121. The van der Waals surface area contributed by atoms with E-state index < -0.39 is 0 Å². The highest BCUT2D eigenvalue weighted by atomic mass is 16.5. The molecule has 0 unspecified atom stereocenters. The van der Waals surface area contributed by atoms with Gasteiger partial charge in [0.2, 0.25) is 5.91 Å². The van der Waals surface area contributed by atoms with Crippen molar-refractivity contribution in [1.82, 2.24) is 19.4 Å². The molecular formula is C27H29N5O2. The van der Waals surface area contributed by atoms with Crippen LogP contribution in [-0.2, 0) is 11.3 Å². The second kappa shape index (κ2) is 9.65. The third-order valence-corrected chi connectivity index (χ3v) is 6.45. The van der Waals surface area contributed by atoms with Crippen LogP contribution in [0.15, 0.2) is 66.9 Å². The van der Waals surface area contributed by atoms with Crippen LogP contribution in [0.5, 0.6) is 5.75 Å². The molecule has 1 aliphatic rings. The Balaban J connectivity index is 1.29. The topological polar surface area (TPSA) is 72.3 Å². The number of benzene rings is 2. The molecule has 1 N–H and O–H groups in total. The zero-order valence-electron chi connectivity index (χ0n) is 19.6. The third kappa shape index (κ3) is 4.65. The zero-order chi connectivity index (χ0) is 23.5. The van der Waals surface area contributed by atoms with Crippen molar-refractivity contribution < 1.29 is 9.53 Å². The molecule has 0 radical (unpaired) electrons. The van der Waals surface area contributed by atoms with E-state index in [2.05, 4.69) is 44.0 Å². The van der Waals surface area contributed by atoms with Gasteiger partial charge in [0.05, 0.1) is 24.7 Å². The molecule has 1 aliphatic heterocycles. The van der Waals surface area contributed by atoms with Gasteiger partial charge >= 0.3 is 0 Å². The van der Waals surface area contributed by atoms with Crippen molar-refractivity contribution in [1.29, 1.82) is 0 Å². The van der Waals surface area contributed by atoms with Crippen LogP contribution in [-0.4, -0.2) is 45.5 Å². The summed E-state index contributed by atoms with van der Waals surface area (Å²) in [5, 5.41) is 2.98. The molecule has 0 atom stereocenters. The number of anilines is 1. The highest BCUT2D eigenvalue weighted by Gasteiger charge is 2.26. The Morgan fingerprint density at radius 2 is 1.85 bits per heavy atom. The van der Waals surface area contributed by atoms with Gasteiger partial charge < -0.3 is 10.1 Å². The number of para-hydroxylation sites is 2. The van der Waals surface area contributed by atoms with Crippen LogP contribution < -0.4 is 10.1 Å². The number of ether oxygens (including phenoxy) is 1. The predicted octanol–water partition coefficient (Wildman–Crippen LogP) is 4.59. The van der Waals surface area contributed by atoms with Gasteiger partial charge in [0.15, 0.2) is 0 Å². The van der Waals surface area contributed by atoms with Crippen molar-refractivity contribution in [2.75, 3.05) is 25.5 Å². The largest absolute Gasteiger partial charge is 0.497 e. The standard InChI is InChI=1S/C27H29N5O2/c1-19-11-14-28-25(17-19)30-27(33)20-12-15-31(16-13-20)18-26-29-23-5-3-4-6-24(23)32(26)21-7-9-22(34-2)10-8-21/h3-11,14,17,20H,12-13,15-16,18H2,1-2H3,(H,28,30,33). The first-order valence-corrected chi connectivity index (χ1v) is 11.7. The third-order valence-electron chi connectivity index (χ3n) is 6.45. The number of aryl methyl sites for hydroxylation is 1. The van der Waals surface area contributed by atoms with Crippen molar-refractivity contribution >= 4 is 22.8 Å². The summed E-state index contributed by atoms with van der Waals surface area (Å²) in [6.07, 6.45) is 3.36. The molecule has 174 valence electrons. The monoisotopic (exact) mass is 455 g/mol. The SMILES string of the molecule is COc1ccc(-n2c(CN3CCC(C(=O)Nc4cc(C)ccn4)CC3)nc3ccccc32)cc1. The van der Waals surface area contributed by atoms with Crippen molar-refractivity contribution in [3.8, 4) is 11.4 Å². The number of carbonyl (C=O) groups is 1. The lowest BCUT2D eigenvalue weighted by atomic mass is 9.96. The normalized spacial score (nSPS) is 14.9. The van der Waals surface area contributed by atoms with Crippen LogP contribution in [0.2, 0.25) is 0 Å². The molecule has 3 heterocycles. The van der Waals surface area contributed by atoms with Gasteiger partial charge in [0.25, 0.3) is 0 Å². The number of fused-ring (bicyclic) bond motifs is 1. The second-order valence-corrected chi connectivity index (χ2v) is 8.81. The Labute approximate surface area is 199 Å². The summed E-state index contributed by atoms with van der Waals surface area (Å²) in [4.78, 5) is 24.3. The molecule has 1 amide bonds. The van der Waals surface area contributed by atoms with Crippen molar-refractivity contribution in [2.45, 2.75) is 26.3 Å². The minimum Gasteiger partial charge on any atom is -0.497 e. The fraction of sp³-hybridized carbons (Fsp3) is 0.296. The molecule has 1 fully saturated rings. The Morgan fingerprint density at radius 3 is 2.59 bits per heavy atom. The number of hydrogen-bond donors (Lipinski definition) is 1. The molecule has 0 saturated carbocycles. The number of aromatic nitrogens is 3. The van der Waals surface area contributed by atoms with Crippen LogP contribution in [0.1, 0.15) is 24.2 Å². The van der Waals surface area contributed by atoms with Crippen molar-refractivity contribution in [2.24, 2.45) is 5.92 Å².